The molecule has 2 nitrogen and oxygen atoms in total. The van der Waals surface area contributed by atoms with Crippen molar-refractivity contribution >= 4 is 0 Å². The molecule has 5 unspecified atom stereocenters. The molecule has 0 radical (unpaired) electrons. The molecule has 2 aliphatic carbocycles. The number of hydrogen-bond donors (Lipinski definition) is 1. The van der Waals surface area contributed by atoms with Crippen LogP contribution in [0.5, 0.6) is 0 Å². The monoisotopic (exact) mass is 375 g/mol. The topological polar surface area (TPSA) is 21.3 Å². The van der Waals surface area contributed by atoms with Gasteiger partial charge in [-0.25, -0.2) is 0 Å². The van der Waals surface area contributed by atoms with Gasteiger partial charge in [0.2, 0.25) is 0 Å². The third-order valence-corrected chi connectivity index (χ3v) is 7.24. The number of nitrogens with one attached hydrogen (secondary N) is 1. The quantitative estimate of drug-likeness (QED) is 0.346. The maximum Gasteiger partial charge on any atom is 0.0732 e. The molecule has 156 valence electrons. The highest BCUT2D eigenvalue weighted by Crippen LogP contribution is 2.53. The molecule has 2 aliphatic rings. The summed E-state index contributed by atoms with van der Waals surface area (Å²) in [7, 11) is 1.97. The third kappa shape index (κ3) is 6.46. The predicted octanol–water partition coefficient (Wildman–Crippen LogP) is 6.53. The van der Waals surface area contributed by atoms with Gasteiger partial charge in [-0.15, -0.1) is 0 Å². The van der Waals surface area contributed by atoms with E-state index >= 15 is 0 Å². The first-order valence-corrected chi connectivity index (χ1v) is 11.4. The Morgan fingerprint density at radius 1 is 1.07 bits per heavy atom. The van der Waals surface area contributed by atoms with Gasteiger partial charge in [-0.05, 0) is 102 Å². The molecule has 27 heavy (non-hydrogen) atoms. The zero-order valence-corrected chi connectivity index (χ0v) is 18.9. The summed E-state index contributed by atoms with van der Waals surface area (Å²) >= 11 is 0. The normalized spacial score (nSPS) is 33.8. The van der Waals surface area contributed by atoms with E-state index in [1.54, 1.807) is 0 Å². The summed E-state index contributed by atoms with van der Waals surface area (Å²) in [5.74, 6) is 3.32. The van der Waals surface area contributed by atoms with Crippen molar-refractivity contribution in [1.29, 1.82) is 0 Å². The third-order valence-electron chi connectivity index (χ3n) is 7.24. The molecule has 1 N–H and O–H groups in total. The molecular weight excluding hydrogens is 330 g/mol. The van der Waals surface area contributed by atoms with Crippen LogP contribution in [0.1, 0.15) is 86.0 Å². The average molecular weight is 376 g/mol. The van der Waals surface area contributed by atoms with Crippen LogP contribution < -0.4 is 5.32 Å². The Balaban J connectivity index is 1.74. The minimum atomic E-state index is 0.128. The van der Waals surface area contributed by atoms with E-state index in [0.29, 0.717) is 5.92 Å². The second-order valence-electron chi connectivity index (χ2n) is 9.85. The predicted molar refractivity (Wildman–Crippen MR) is 118 cm³/mol. The molecule has 0 aromatic rings. The van der Waals surface area contributed by atoms with E-state index in [0.717, 1.165) is 30.8 Å². The van der Waals surface area contributed by atoms with Crippen molar-refractivity contribution in [2.75, 3.05) is 20.2 Å². The van der Waals surface area contributed by atoms with Crippen LogP contribution in [-0.4, -0.2) is 25.8 Å². The lowest BCUT2D eigenvalue weighted by Crippen LogP contribution is -2.53. The van der Waals surface area contributed by atoms with Gasteiger partial charge in [0.05, 0.1) is 5.60 Å². The number of methoxy groups -OCH3 is 1. The SMILES string of the molecule is COC1(CCCNCC=C(C)CCC=C(C)C)C(C)CC2CC(C)CC1C2. The van der Waals surface area contributed by atoms with E-state index in [1.807, 2.05) is 7.11 Å². The van der Waals surface area contributed by atoms with Crippen molar-refractivity contribution < 1.29 is 4.74 Å². The number of hydrogen-bond acceptors (Lipinski definition) is 2. The highest BCUT2D eigenvalue weighted by Gasteiger charge is 2.50. The van der Waals surface area contributed by atoms with Crippen LogP contribution in [0.25, 0.3) is 0 Å². The van der Waals surface area contributed by atoms with Gasteiger partial charge in [-0.1, -0.05) is 37.1 Å². The van der Waals surface area contributed by atoms with E-state index < -0.39 is 0 Å². The van der Waals surface area contributed by atoms with Gasteiger partial charge in [0, 0.05) is 13.7 Å². The van der Waals surface area contributed by atoms with E-state index in [1.165, 1.54) is 62.5 Å². The Bertz CT molecular complexity index is 500. The summed E-state index contributed by atoms with van der Waals surface area (Å²) in [5, 5.41) is 3.63. The molecule has 2 heteroatoms. The summed E-state index contributed by atoms with van der Waals surface area (Å²) in [4.78, 5) is 0. The molecule has 0 spiro atoms. The molecule has 2 fully saturated rings. The van der Waals surface area contributed by atoms with Gasteiger partial charge in [0.15, 0.2) is 0 Å². The Morgan fingerprint density at radius 2 is 1.85 bits per heavy atom. The van der Waals surface area contributed by atoms with Crippen LogP contribution in [0, 0.1) is 23.7 Å². The summed E-state index contributed by atoms with van der Waals surface area (Å²) in [5.41, 5.74) is 3.04. The maximum absolute atomic E-state index is 6.29. The van der Waals surface area contributed by atoms with Gasteiger partial charge in [-0.3, -0.25) is 0 Å². The van der Waals surface area contributed by atoms with E-state index in [4.69, 9.17) is 4.74 Å². The van der Waals surface area contributed by atoms with Crippen molar-refractivity contribution in [1.82, 2.24) is 5.32 Å². The smallest absolute Gasteiger partial charge is 0.0732 e. The first kappa shape index (κ1) is 22.7. The Labute approximate surface area is 169 Å². The summed E-state index contributed by atoms with van der Waals surface area (Å²) in [6.45, 7) is 13.6. The van der Waals surface area contributed by atoms with Crippen molar-refractivity contribution in [3.05, 3.63) is 23.3 Å². The van der Waals surface area contributed by atoms with Crippen molar-refractivity contribution in [3.8, 4) is 0 Å². The largest absolute Gasteiger partial charge is 0.378 e. The first-order chi connectivity index (χ1) is 12.9. The highest BCUT2D eigenvalue weighted by molar-refractivity contribution is 5.03. The lowest BCUT2D eigenvalue weighted by molar-refractivity contribution is -0.153. The fourth-order valence-electron chi connectivity index (χ4n) is 5.89. The van der Waals surface area contributed by atoms with E-state index in [-0.39, 0.29) is 5.60 Å². The van der Waals surface area contributed by atoms with Gasteiger partial charge >= 0.3 is 0 Å². The Morgan fingerprint density at radius 3 is 2.56 bits per heavy atom. The molecule has 5 atom stereocenters. The van der Waals surface area contributed by atoms with Crippen molar-refractivity contribution in [3.63, 3.8) is 0 Å². The molecular formula is C25H45NO. The van der Waals surface area contributed by atoms with Crippen molar-refractivity contribution in [2.24, 2.45) is 23.7 Å². The molecule has 2 rings (SSSR count). The Kier molecular flexibility index (Phi) is 9.08. The molecule has 2 saturated carbocycles. The molecule has 2 bridgehead atoms. The number of fused-ring (bicyclic) bond motifs is 2. The average Bonchev–Trinajstić information content (AvgIpc) is 2.59. The second kappa shape index (κ2) is 10.8. The first-order valence-electron chi connectivity index (χ1n) is 11.4. The minimum absolute atomic E-state index is 0.128. The molecule has 0 aliphatic heterocycles. The van der Waals surface area contributed by atoms with Crippen molar-refractivity contribution in [2.45, 2.75) is 91.6 Å². The lowest BCUT2D eigenvalue weighted by atomic mass is 9.57. The van der Waals surface area contributed by atoms with Crippen LogP contribution in [0.15, 0.2) is 23.3 Å². The number of allylic oxidation sites excluding steroid dienone is 3. The van der Waals surface area contributed by atoms with Gasteiger partial charge in [-0.2, -0.15) is 0 Å². The second-order valence-corrected chi connectivity index (χ2v) is 9.85. The van der Waals surface area contributed by atoms with E-state index in [2.05, 4.69) is 52.1 Å². The molecule has 0 aromatic carbocycles. The fourth-order valence-corrected chi connectivity index (χ4v) is 5.89. The van der Waals surface area contributed by atoms with Crippen LogP contribution in [-0.2, 0) is 4.74 Å². The van der Waals surface area contributed by atoms with Gasteiger partial charge in [0.25, 0.3) is 0 Å². The maximum atomic E-state index is 6.29. The molecule has 0 saturated heterocycles. The van der Waals surface area contributed by atoms with Crippen LogP contribution in [0.2, 0.25) is 0 Å². The van der Waals surface area contributed by atoms with E-state index in [9.17, 15) is 0 Å². The van der Waals surface area contributed by atoms with Crippen LogP contribution in [0.4, 0.5) is 0 Å². The molecule has 0 aromatic heterocycles. The van der Waals surface area contributed by atoms with Crippen LogP contribution >= 0.6 is 0 Å². The summed E-state index contributed by atoms with van der Waals surface area (Å²) in [6, 6.07) is 0. The standard InChI is InChI=1S/C25H45NO/c1-19(2)9-7-10-20(3)11-14-26-13-8-12-25(27-6)22(5)17-23-15-21(4)16-24(25)18-23/h9,11,21-24,26H,7-8,10,12-18H2,1-6H3. The summed E-state index contributed by atoms with van der Waals surface area (Å²) in [6.07, 6.45) is 15.1. The zero-order chi connectivity index (χ0) is 19.9. The molecule has 0 heterocycles. The number of ether oxygens (including phenoxy) is 1. The highest BCUT2D eigenvalue weighted by atomic mass is 16.5. The summed E-state index contributed by atoms with van der Waals surface area (Å²) < 4.78 is 6.29. The zero-order valence-electron chi connectivity index (χ0n) is 18.9. The Hall–Kier alpha value is -0.600. The van der Waals surface area contributed by atoms with Crippen LogP contribution in [0.3, 0.4) is 0 Å². The number of rotatable bonds is 10. The molecule has 0 amide bonds. The van der Waals surface area contributed by atoms with Gasteiger partial charge in [0.1, 0.15) is 0 Å². The van der Waals surface area contributed by atoms with Gasteiger partial charge < -0.3 is 10.1 Å². The minimum Gasteiger partial charge on any atom is -0.378 e. The fraction of sp³-hybridized carbons (Fsp3) is 0.840. The lowest BCUT2D eigenvalue weighted by Gasteiger charge is -2.54.